The highest BCUT2D eigenvalue weighted by Gasteiger charge is 1.95. The molecule has 0 atom stereocenters. The summed E-state index contributed by atoms with van der Waals surface area (Å²) >= 11 is 0. The van der Waals surface area contributed by atoms with E-state index in [1.165, 1.54) is 12.1 Å². The number of carboxylic acid groups (broad SMARTS) is 1. The highest BCUT2D eigenvalue weighted by molar-refractivity contribution is 5.86. The second kappa shape index (κ2) is 6.68. The van der Waals surface area contributed by atoms with Crippen LogP contribution in [-0.4, -0.2) is 11.7 Å². The standard InChI is InChI=1S/C13H18N2O2/c1-3-4-5-10(2)14-15-12-8-6-11(7-9-12)13(16)17/h6-9,15H,3-5H2,1-2H3,(H,16,17)/p-1/b14-10-. The number of aromatic carboxylic acids is 1. The van der Waals surface area contributed by atoms with Crippen molar-refractivity contribution in [2.75, 3.05) is 5.43 Å². The minimum Gasteiger partial charge on any atom is -0.545 e. The van der Waals surface area contributed by atoms with Crippen molar-refractivity contribution in [3.63, 3.8) is 0 Å². The zero-order valence-electron chi connectivity index (χ0n) is 10.2. The van der Waals surface area contributed by atoms with Gasteiger partial charge in [0.15, 0.2) is 0 Å². The molecule has 0 radical (unpaired) electrons. The van der Waals surface area contributed by atoms with Gasteiger partial charge in [0.2, 0.25) is 0 Å². The zero-order valence-corrected chi connectivity index (χ0v) is 10.2. The van der Waals surface area contributed by atoms with E-state index in [4.69, 9.17) is 0 Å². The van der Waals surface area contributed by atoms with Gasteiger partial charge in [-0.2, -0.15) is 5.10 Å². The molecule has 1 N–H and O–H groups in total. The number of carbonyl (C=O) groups excluding carboxylic acids is 1. The first-order valence-corrected chi connectivity index (χ1v) is 5.74. The number of hydrazone groups is 1. The third-order valence-electron chi connectivity index (χ3n) is 2.39. The smallest absolute Gasteiger partial charge is 0.0715 e. The Morgan fingerprint density at radius 2 is 2.00 bits per heavy atom. The number of hydrogen-bond donors (Lipinski definition) is 1. The van der Waals surface area contributed by atoms with Crippen LogP contribution in [0.1, 0.15) is 43.5 Å². The van der Waals surface area contributed by atoms with Gasteiger partial charge in [-0.3, -0.25) is 5.43 Å². The maximum Gasteiger partial charge on any atom is 0.0715 e. The summed E-state index contributed by atoms with van der Waals surface area (Å²) in [7, 11) is 0. The van der Waals surface area contributed by atoms with E-state index < -0.39 is 5.97 Å². The second-order valence-electron chi connectivity index (χ2n) is 3.93. The molecule has 4 nitrogen and oxygen atoms in total. The number of anilines is 1. The fraction of sp³-hybridized carbons (Fsp3) is 0.385. The molecule has 0 amide bonds. The number of benzene rings is 1. The van der Waals surface area contributed by atoms with Crippen molar-refractivity contribution < 1.29 is 9.90 Å². The molecule has 4 heteroatoms. The molecule has 0 heterocycles. The molecule has 1 aromatic rings. The molecular formula is C13H17N2O2-. The fourth-order valence-electron chi connectivity index (χ4n) is 1.33. The predicted molar refractivity (Wildman–Crippen MR) is 67.0 cm³/mol. The number of nitrogens with one attached hydrogen (secondary N) is 1. The fourth-order valence-corrected chi connectivity index (χ4v) is 1.33. The Balaban J connectivity index is 2.54. The minimum absolute atomic E-state index is 0.169. The first-order valence-electron chi connectivity index (χ1n) is 5.74. The molecule has 0 fully saturated rings. The van der Waals surface area contributed by atoms with Crippen LogP contribution >= 0.6 is 0 Å². The minimum atomic E-state index is -1.17. The summed E-state index contributed by atoms with van der Waals surface area (Å²) in [5.41, 5.74) is 4.87. The summed E-state index contributed by atoms with van der Waals surface area (Å²) in [4.78, 5) is 10.5. The van der Waals surface area contributed by atoms with Gasteiger partial charge in [-0.1, -0.05) is 25.5 Å². The normalized spacial score (nSPS) is 11.3. The zero-order chi connectivity index (χ0) is 12.7. The number of carboxylic acids is 1. The highest BCUT2D eigenvalue weighted by Crippen LogP contribution is 2.09. The molecule has 0 spiro atoms. The summed E-state index contributed by atoms with van der Waals surface area (Å²) in [6, 6.07) is 6.33. The quantitative estimate of drug-likeness (QED) is 0.604. The average molecular weight is 233 g/mol. The van der Waals surface area contributed by atoms with Gasteiger partial charge in [-0.05, 0) is 37.5 Å². The Morgan fingerprint density at radius 1 is 1.35 bits per heavy atom. The number of unbranched alkanes of at least 4 members (excludes halogenated alkanes) is 1. The molecule has 0 aromatic heterocycles. The Bertz CT molecular complexity index is 396. The Labute approximate surface area is 101 Å². The van der Waals surface area contributed by atoms with E-state index in [1.54, 1.807) is 12.1 Å². The van der Waals surface area contributed by atoms with E-state index in [9.17, 15) is 9.90 Å². The van der Waals surface area contributed by atoms with Gasteiger partial charge in [0.05, 0.1) is 11.7 Å². The van der Waals surface area contributed by atoms with Crippen LogP contribution in [0.2, 0.25) is 0 Å². The molecule has 0 aliphatic heterocycles. The predicted octanol–water partition coefficient (Wildman–Crippen LogP) is 2.03. The highest BCUT2D eigenvalue weighted by atomic mass is 16.4. The van der Waals surface area contributed by atoms with Crippen LogP contribution in [0.25, 0.3) is 0 Å². The van der Waals surface area contributed by atoms with Crippen LogP contribution in [0.3, 0.4) is 0 Å². The Morgan fingerprint density at radius 3 is 2.53 bits per heavy atom. The summed E-state index contributed by atoms with van der Waals surface area (Å²) in [5.74, 6) is -1.17. The third-order valence-corrected chi connectivity index (χ3v) is 2.39. The lowest BCUT2D eigenvalue weighted by Crippen LogP contribution is -2.21. The van der Waals surface area contributed by atoms with Crippen molar-refractivity contribution in [2.45, 2.75) is 33.1 Å². The van der Waals surface area contributed by atoms with Gasteiger partial charge in [0.1, 0.15) is 0 Å². The molecular weight excluding hydrogens is 216 g/mol. The van der Waals surface area contributed by atoms with Gasteiger partial charge in [0, 0.05) is 5.71 Å². The lowest BCUT2D eigenvalue weighted by molar-refractivity contribution is -0.255. The van der Waals surface area contributed by atoms with Crippen LogP contribution in [0.4, 0.5) is 5.69 Å². The topological polar surface area (TPSA) is 64.5 Å². The van der Waals surface area contributed by atoms with E-state index in [2.05, 4.69) is 17.5 Å². The Hall–Kier alpha value is -1.84. The Kier molecular flexibility index (Phi) is 5.20. The largest absolute Gasteiger partial charge is 0.545 e. The molecule has 0 aliphatic rings. The first kappa shape index (κ1) is 13.2. The SMILES string of the molecule is CCCC/C(C)=N\Nc1ccc(C(=O)[O-])cc1. The maximum absolute atomic E-state index is 10.5. The molecule has 0 unspecified atom stereocenters. The van der Waals surface area contributed by atoms with Crippen molar-refractivity contribution in [3.8, 4) is 0 Å². The summed E-state index contributed by atoms with van der Waals surface area (Å²) < 4.78 is 0. The molecule has 92 valence electrons. The molecule has 1 rings (SSSR count). The monoisotopic (exact) mass is 233 g/mol. The van der Waals surface area contributed by atoms with E-state index in [0.29, 0.717) is 0 Å². The van der Waals surface area contributed by atoms with Crippen LogP contribution < -0.4 is 10.5 Å². The van der Waals surface area contributed by atoms with Crippen LogP contribution in [0.15, 0.2) is 29.4 Å². The number of rotatable bonds is 6. The summed E-state index contributed by atoms with van der Waals surface area (Å²) in [6.45, 7) is 4.11. The van der Waals surface area contributed by atoms with E-state index in [1.807, 2.05) is 6.92 Å². The van der Waals surface area contributed by atoms with Gasteiger partial charge >= 0.3 is 0 Å². The van der Waals surface area contributed by atoms with Crippen molar-refractivity contribution in [1.82, 2.24) is 0 Å². The van der Waals surface area contributed by atoms with Crippen LogP contribution in [-0.2, 0) is 0 Å². The molecule has 0 aliphatic carbocycles. The average Bonchev–Trinajstić information content (AvgIpc) is 2.34. The van der Waals surface area contributed by atoms with E-state index in [-0.39, 0.29) is 5.56 Å². The number of hydrogen-bond acceptors (Lipinski definition) is 4. The summed E-state index contributed by atoms with van der Waals surface area (Å²) in [5, 5.41) is 14.7. The molecule has 0 saturated heterocycles. The number of carbonyl (C=O) groups is 1. The van der Waals surface area contributed by atoms with Crippen molar-refractivity contribution in [2.24, 2.45) is 5.10 Å². The maximum atomic E-state index is 10.5. The first-order chi connectivity index (χ1) is 8.13. The van der Waals surface area contributed by atoms with Gasteiger partial charge in [0.25, 0.3) is 0 Å². The van der Waals surface area contributed by atoms with E-state index >= 15 is 0 Å². The van der Waals surface area contributed by atoms with Crippen molar-refractivity contribution in [1.29, 1.82) is 0 Å². The van der Waals surface area contributed by atoms with Gasteiger partial charge < -0.3 is 9.90 Å². The molecule has 0 bridgehead atoms. The third kappa shape index (κ3) is 4.68. The molecule has 17 heavy (non-hydrogen) atoms. The molecule has 1 aromatic carbocycles. The summed E-state index contributed by atoms with van der Waals surface area (Å²) in [6.07, 6.45) is 3.24. The van der Waals surface area contributed by atoms with Crippen LogP contribution in [0, 0.1) is 0 Å². The lowest BCUT2D eigenvalue weighted by atomic mass is 10.2. The van der Waals surface area contributed by atoms with Crippen molar-refractivity contribution in [3.05, 3.63) is 29.8 Å². The van der Waals surface area contributed by atoms with Gasteiger partial charge in [-0.15, -0.1) is 0 Å². The lowest BCUT2D eigenvalue weighted by Gasteiger charge is -2.05. The van der Waals surface area contributed by atoms with E-state index in [0.717, 1.165) is 30.7 Å². The second-order valence-corrected chi connectivity index (χ2v) is 3.93. The van der Waals surface area contributed by atoms with Gasteiger partial charge in [-0.25, -0.2) is 0 Å². The van der Waals surface area contributed by atoms with Crippen molar-refractivity contribution >= 4 is 17.4 Å². The molecule has 0 saturated carbocycles. The van der Waals surface area contributed by atoms with Crippen LogP contribution in [0.5, 0.6) is 0 Å². The number of nitrogens with zero attached hydrogens (tertiary/aromatic N) is 1.